The van der Waals surface area contributed by atoms with Gasteiger partial charge in [-0.25, -0.2) is 0 Å². The van der Waals surface area contributed by atoms with E-state index >= 15 is 0 Å². The van der Waals surface area contributed by atoms with Gasteiger partial charge < -0.3 is 14.8 Å². The van der Waals surface area contributed by atoms with Gasteiger partial charge in [-0.3, -0.25) is 4.68 Å². The van der Waals surface area contributed by atoms with Crippen molar-refractivity contribution in [3.8, 4) is 0 Å². The molecule has 0 aliphatic heterocycles. The summed E-state index contributed by atoms with van der Waals surface area (Å²) in [5.74, 6) is 0. The average molecular weight is 261 g/mol. The van der Waals surface area contributed by atoms with Crippen molar-refractivity contribution in [2.24, 2.45) is 0 Å². The second kappa shape index (κ2) is 5.59. The Balaban J connectivity index is 1.71. The van der Waals surface area contributed by atoms with Gasteiger partial charge in [-0.2, -0.15) is 5.10 Å². The number of aliphatic hydroxyl groups excluding tert-OH is 1. The molecule has 3 rings (SSSR count). The molecule has 0 bridgehead atoms. The van der Waals surface area contributed by atoms with Gasteiger partial charge in [0.1, 0.15) is 0 Å². The predicted octanol–water partition coefficient (Wildman–Crippen LogP) is 1.64. The maximum absolute atomic E-state index is 9.05. The van der Waals surface area contributed by atoms with Crippen molar-refractivity contribution in [1.82, 2.24) is 15.1 Å². The van der Waals surface area contributed by atoms with Gasteiger partial charge in [0.15, 0.2) is 0 Å². The van der Waals surface area contributed by atoms with E-state index in [0.29, 0.717) is 12.6 Å². The van der Waals surface area contributed by atoms with Crippen molar-refractivity contribution in [1.29, 1.82) is 0 Å². The summed E-state index contributed by atoms with van der Waals surface area (Å²) in [4.78, 5) is 0. The summed E-state index contributed by atoms with van der Waals surface area (Å²) in [6.07, 6.45) is 8.76. The second-order valence-corrected chi connectivity index (χ2v) is 4.95. The van der Waals surface area contributed by atoms with Crippen LogP contribution in [0.15, 0.2) is 29.2 Å². The molecule has 2 heterocycles. The first kappa shape index (κ1) is 12.4. The van der Waals surface area contributed by atoms with Gasteiger partial charge in [0.2, 0.25) is 0 Å². The third-order valence-corrected chi connectivity index (χ3v) is 3.71. The minimum absolute atomic E-state index is 0.140. The van der Waals surface area contributed by atoms with E-state index in [-0.39, 0.29) is 6.61 Å². The Kier molecular flexibility index (Phi) is 3.66. The van der Waals surface area contributed by atoms with Gasteiger partial charge in [0, 0.05) is 29.4 Å². The summed E-state index contributed by atoms with van der Waals surface area (Å²) in [7, 11) is 0. The predicted molar refractivity (Wildman–Crippen MR) is 70.5 cm³/mol. The smallest absolute Gasteiger partial charge is 0.0947 e. The van der Waals surface area contributed by atoms with Crippen molar-refractivity contribution >= 4 is 0 Å². The lowest BCUT2D eigenvalue weighted by molar-refractivity contribution is 0.266. The molecular formula is C14H19N3O2. The Hall–Kier alpha value is -1.59. The summed E-state index contributed by atoms with van der Waals surface area (Å²) in [5, 5.41) is 17.0. The molecule has 1 aliphatic carbocycles. The molecular weight excluding hydrogens is 242 g/mol. The van der Waals surface area contributed by atoms with E-state index in [1.807, 2.05) is 16.9 Å². The molecule has 0 radical (unpaired) electrons. The molecule has 1 unspecified atom stereocenters. The topological polar surface area (TPSA) is 63.2 Å². The number of nitrogens with one attached hydrogen (secondary N) is 1. The molecule has 5 nitrogen and oxygen atoms in total. The second-order valence-electron chi connectivity index (χ2n) is 4.95. The fraction of sp³-hybridized carbons (Fsp3) is 0.500. The first-order valence-electron chi connectivity index (χ1n) is 6.78. The van der Waals surface area contributed by atoms with E-state index in [4.69, 9.17) is 9.52 Å². The highest BCUT2D eigenvalue weighted by molar-refractivity contribution is 5.25. The molecule has 0 aromatic carbocycles. The molecule has 2 N–H and O–H groups in total. The van der Waals surface area contributed by atoms with Gasteiger partial charge >= 0.3 is 0 Å². The largest absolute Gasteiger partial charge is 0.472 e. The van der Waals surface area contributed by atoms with E-state index in [2.05, 4.69) is 10.4 Å². The van der Waals surface area contributed by atoms with Crippen molar-refractivity contribution in [2.45, 2.75) is 38.4 Å². The van der Waals surface area contributed by atoms with E-state index < -0.39 is 0 Å². The van der Waals surface area contributed by atoms with Crippen LogP contribution in [0, 0.1) is 0 Å². The van der Waals surface area contributed by atoms with Crippen LogP contribution >= 0.6 is 0 Å². The zero-order valence-corrected chi connectivity index (χ0v) is 10.9. The lowest BCUT2D eigenvalue weighted by Crippen LogP contribution is -2.25. The molecule has 1 aliphatic rings. The Morgan fingerprint density at radius 3 is 3.26 bits per heavy atom. The van der Waals surface area contributed by atoms with Gasteiger partial charge in [0.05, 0.1) is 31.9 Å². The summed E-state index contributed by atoms with van der Waals surface area (Å²) in [5.41, 5.74) is 3.71. The van der Waals surface area contributed by atoms with Crippen LogP contribution in [0.1, 0.15) is 35.7 Å². The Labute approximate surface area is 112 Å². The van der Waals surface area contributed by atoms with Crippen LogP contribution in [0.2, 0.25) is 0 Å². The molecule has 102 valence electrons. The van der Waals surface area contributed by atoms with Crippen LogP contribution in [-0.2, 0) is 19.5 Å². The fourth-order valence-electron chi connectivity index (χ4n) is 2.75. The molecule has 0 spiro atoms. The molecule has 0 amide bonds. The quantitative estimate of drug-likeness (QED) is 0.858. The first-order valence-corrected chi connectivity index (χ1v) is 6.78. The van der Waals surface area contributed by atoms with Gasteiger partial charge in [0.25, 0.3) is 0 Å². The van der Waals surface area contributed by atoms with Crippen molar-refractivity contribution in [3.63, 3.8) is 0 Å². The van der Waals surface area contributed by atoms with Crippen molar-refractivity contribution in [3.05, 3.63) is 41.6 Å². The summed E-state index contributed by atoms with van der Waals surface area (Å²) in [6, 6.07) is 2.33. The molecule has 1 atom stereocenters. The normalized spacial score (nSPS) is 18.5. The molecule has 0 fully saturated rings. The van der Waals surface area contributed by atoms with E-state index in [0.717, 1.165) is 31.4 Å². The van der Waals surface area contributed by atoms with Crippen LogP contribution in [0.4, 0.5) is 0 Å². The van der Waals surface area contributed by atoms with Gasteiger partial charge in [-0.15, -0.1) is 0 Å². The van der Waals surface area contributed by atoms with Crippen LogP contribution in [0.5, 0.6) is 0 Å². The van der Waals surface area contributed by atoms with Crippen LogP contribution in [-0.4, -0.2) is 21.5 Å². The number of aromatic nitrogens is 2. The summed E-state index contributed by atoms with van der Waals surface area (Å²) < 4.78 is 7.01. The Morgan fingerprint density at radius 1 is 1.53 bits per heavy atom. The summed E-state index contributed by atoms with van der Waals surface area (Å²) >= 11 is 0. The number of rotatable bonds is 5. The molecule has 0 saturated carbocycles. The highest BCUT2D eigenvalue weighted by atomic mass is 16.3. The van der Waals surface area contributed by atoms with E-state index in [9.17, 15) is 0 Å². The average Bonchev–Trinajstić information content (AvgIpc) is 3.07. The number of nitrogens with zero attached hydrogens (tertiary/aromatic N) is 2. The number of hydrogen-bond acceptors (Lipinski definition) is 4. The molecule has 19 heavy (non-hydrogen) atoms. The van der Waals surface area contributed by atoms with Crippen LogP contribution in [0.3, 0.4) is 0 Å². The molecule has 5 heteroatoms. The number of hydrogen-bond donors (Lipinski definition) is 2. The highest BCUT2D eigenvalue weighted by Crippen LogP contribution is 2.29. The Morgan fingerprint density at radius 2 is 2.47 bits per heavy atom. The maximum atomic E-state index is 9.05. The highest BCUT2D eigenvalue weighted by Gasteiger charge is 2.23. The standard InChI is InChI=1S/C14H19N3O2/c18-6-5-17-14-3-1-2-13(12(14)9-16-17)15-8-11-4-7-19-10-11/h4,7,9-10,13,15,18H,1-3,5-6,8H2. The van der Waals surface area contributed by atoms with E-state index in [1.165, 1.54) is 11.3 Å². The lowest BCUT2D eigenvalue weighted by atomic mass is 9.93. The number of aliphatic hydroxyl groups is 1. The number of furan rings is 1. The first-order chi connectivity index (χ1) is 9.38. The number of fused-ring (bicyclic) bond motifs is 1. The Bertz CT molecular complexity index is 519. The lowest BCUT2D eigenvalue weighted by Gasteiger charge is -2.24. The van der Waals surface area contributed by atoms with Crippen molar-refractivity contribution in [2.75, 3.05) is 6.61 Å². The molecule has 2 aromatic heterocycles. The third kappa shape index (κ3) is 2.57. The monoisotopic (exact) mass is 261 g/mol. The zero-order chi connectivity index (χ0) is 13.1. The minimum Gasteiger partial charge on any atom is -0.472 e. The summed E-state index contributed by atoms with van der Waals surface area (Å²) in [6.45, 7) is 1.54. The van der Waals surface area contributed by atoms with Crippen LogP contribution in [0.25, 0.3) is 0 Å². The molecule has 2 aromatic rings. The minimum atomic E-state index is 0.140. The van der Waals surface area contributed by atoms with Crippen LogP contribution < -0.4 is 5.32 Å². The third-order valence-electron chi connectivity index (χ3n) is 3.71. The zero-order valence-electron chi connectivity index (χ0n) is 10.9. The maximum Gasteiger partial charge on any atom is 0.0947 e. The van der Waals surface area contributed by atoms with Crippen molar-refractivity contribution < 1.29 is 9.52 Å². The van der Waals surface area contributed by atoms with E-state index in [1.54, 1.807) is 12.5 Å². The molecule has 0 saturated heterocycles. The fourth-order valence-corrected chi connectivity index (χ4v) is 2.75. The van der Waals surface area contributed by atoms with Gasteiger partial charge in [-0.05, 0) is 25.3 Å². The van der Waals surface area contributed by atoms with Gasteiger partial charge in [-0.1, -0.05) is 0 Å². The SMILES string of the molecule is OCCn1ncc2c1CCCC2NCc1ccoc1.